The average Bonchev–Trinajstić information content (AvgIpc) is 2.87. The Hall–Kier alpha value is -2.66. The highest BCUT2D eigenvalue weighted by Crippen LogP contribution is 2.34. The molecule has 4 nitrogen and oxygen atoms in total. The summed E-state index contributed by atoms with van der Waals surface area (Å²) in [5, 5.41) is 2.20. The molecule has 24 heavy (non-hydrogen) atoms. The van der Waals surface area contributed by atoms with E-state index in [9.17, 15) is 4.79 Å². The number of thiol groups is 1. The van der Waals surface area contributed by atoms with Crippen molar-refractivity contribution in [1.29, 1.82) is 0 Å². The van der Waals surface area contributed by atoms with Gasteiger partial charge in [-0.25, -0.2) is 9.97 Å². The topological polar surface area (TPSA) is 68.9 Å². The quantitative estimate of drug-likeness (QED) is 0.662. The summed E-state index contributed by atoms with van der Waals surface area (Å²) in [6, 6.07) is 11.5. The van der Waals surface area contributed by atoms with E-state index in [1.54, 1.807) is 0 Å². The molecule has 2 aliphatic carbocycles. The largest absolute Gasteiger partial charge is 0.366 e. The van der Waals surface area contributed by atoms with Crippen LogP contribution in [-0.4, -0.2) is 21.1 Å². The van der Waals surface area contributed by atoms with Gasteiger partial charge in [0.15, 0.2) is 0 Å². The standard InChI is InChI=1S/C19H13N3OS/c20-19(23)10-5-9-6-11(24)8-13-16(9)12(7-10)17-18(13)22-15-4-2-1-3-14(15)21-17/h1-7,11,24H,8H2,(H2,20,23). The van der Waals surface area contributed by atoms with Gasteiger partial charge < -0.3 is 5.73 Å². The van der Waals surface area contributed by atoms with Crippen LogP contribution in [0.1, 0.15) is 22.5 Å². The zero-order valence-corrected chi connectivity index (χ0v) is 13.5. The number of nitrogens with zero attached hydrogens (tertiary/aromatic N) is 2. The zero-order chi connectivity index (χ0) is 16.4. The third-order valence-electron chi connectivity index (χ3n) is 4.65. The summed E-state index contributed by atoms with van der Waals surface area (Å²) in [6.45, 7) is 0. The number of hydrogen-bond acceptors (Lipinski definition) is 4. The Morgan fingerprint density at radius 2 is 1.83 bits per heavy atom. The lowest BCUT2D eigenvalue weighted by Crippen LogP contribution is -2.33. The van der Waals surface area contributed by atoms with Gasteiger partial charge in [-0.3, -0.25) is 4.79 Å². The van der Waals surface area contributed by atoms with Crippen molar-refractivity contribution in [3.05, 3.63) is 58.1 Å². The monoisotopic (exact) mass is 331 g/mol. The number of fused-ring (bicyclic) bond motifs is 4. The minimum Gasteiger partial charge on any atom is -0.366 e. The van der Waals surface area contributed by atoms with Gasteiger partial charge in [-0.1, -0.05) is 18.2 Å². The van der Waals surface area contributed by atoms with E-state index in [4.69, 9.17) is 15.7 Å². The van der Waals surface area contributed by atoms with E-state index in [1.807, 2.05) is 36.4 Å². The molecule has 1 atom stereocenters. The van der Waals surface area contributed by atoms with Gasteiger partial charge in [0.25, 0.3) is 0 Å². The van der Waals surface area contributed by atoms with Gasteiger partial charge in [0.05, 0.1) is 22.4 Å². The van der Waals surface area contributed by atoms with E-state index >= 15 is 0 Å². The number of carbonyl (C=O) groups is 1. The Bertz CT molecular complexity index is 1180. The lowest BCUT2D eigenvalue weighted by atomic mass is 9.98. The van der Waals surface area contributed by atoms with Crippen LogP contribution in [0.25, 0.3) is 33.9 Å². The van der Waals surface area contributed by atoms with Crippen LogP contribution in [0.2, 0.25) is 0 Å². The second-order valence-corrected chi connectivity index (χ2v) is 6.84. The van der Waals surface area contributed by atoms with Crippen molar-refractivity contribution in [1.82, 2.24) is 9.97 Å². The average molecular weight is 331 g/mol. The fraction of sp³-hybridized carbons (Fsp3) is 0.105. The Kier molecular flexibility index (Phi) is 2.68. The second-order valence-electron chi connectivity index (χ2n) is 6.18. The molecule has 2 aromatic carbocycles. The van der Waals surface area contributed by atoms with E-state index in [1.165, 1.54) is 0 Å². The zero-order valence-electron chi connectivity index (χ0n) is 12.7. The number of para-hydroxylation sites is 2. The van der Waals surface area contributed by atoms with E-state index in [2.05, 4.69) is 18.7 Å². The van der Waals surface area contributed by atoms with Crippen LogP contribution >= 0.6 is 12.6 Å². The summed E-state index contributed by atoms with van der Waals surface area (Å²) in [7, 11) is 0. The number of hydrogen-bond donors (Lipinski definition) is 2. The van der Waals surface area contributed by atoms with Crippen LogP contribution in [0.15, 0.2) is 36.4 Å². The van der Waals surface area contributed by atoms with Crippen LogP contribution < -0.4 is 16.2 Å². The molecule has 0 saturated heterocycles. The molecule has 1 heterocycles. The maximum atomic E-state index is 11.7. The Labute approximate surface area is 143 Å². The van der Waals surface area contributed by atoms with E-state index in [0.717, 1.165) is 50.4 Å². The highest BCUT2D eigenvalue weighted by atomic mass is 32.1. The predicted molar refractivity (Wildman–Crippen MR) is 97.1 cm³/mol. The minimum atomic E-state index is -0.438. The van der Waals surface area contributed by atoms with Crippen molar-refractivity contribution < 1.29 is 4.79 Å². The second kappa shape index (κ2) is 4.68. The van der Waals surface area contributed by atoms with Crippen LogP contribution in [0.5, 0.6) is 0 Å². The first kappa shape index (κ1) is 13.7. The Balaban J connectivity index is 1.95. The lowest BCUT2D eigenvalue weighted by molar-refractivity contribution is 0.1000. The molecule has 0 fully saturated rings. The molecule has 5 heteroatoms. The molecule has 0 spiro atoms. The molecule has 2 aliphatic rings. The van der Waals surface area contributed by atoms with Crippen LogP contribution in [0.3, 0.4) is 0 Å². The Morgan fingerprint density at radius 1 is 1.12 bits per heavy atom. The maximum absolute atomic E-state index is 11.7. The van der Waals surface area contributed by atoms with Crippen molar-refractivity contribution in [3.63, 3.8) is 0 Å². The molecule has 5 rings (SSSR count). The fourth-order valence-electron chi connectivity index (χ4n) is 3.65. The van der Waals surface area contributed by atoms with E-state index in [0.29, 0.717) is 5.56 Å². The summed E-state index contributed by atoms with van der Waals surface area (Å²) in [4.78, 5) is 21.4. The van der Waals surface area contributed by atoms with Gasteiger partial charge in [0.2, 0.25) is 5.91 Å². The van der Waals surface area contributed by atoms with Gasteiger partial charge in [-0.2, -0.15) is 12.6 Å². The van der Waals surface area contributed by atoms with Gasteiger partial charge in [-0.05, 0) is 46.7 Å². The molecule has 2 N–H and O–H groups in total. The van der Waals surface area contributed by atoms with Gasteiger partial charge >= 0.3 is 0 Å². The van der Waals surface area contributed by atoms with E-state index < -0.39 is 5.91 Å². The molecule has 0 bridgehead atoms. The van der Waals surface area contributed by atoms with Crippen LogP contribution in [-0.2, 0) is 0 Å². The van der Waals surface area contributed by atoms with Gasteiger partial charge in [0, 0.05) is 16.4 Å². The van der Waals surface area contributed by atoms with Crippen LogP contribution in [0.4, 0.5) is 0 Å². The SMILES string of the molecule is NC(=O)c1cc2c3c(c1)=CC(S)CC=3c1nc3ccccc3nc1-2. The van der Waals surface area contributed by atoms with Crippen LogP contribution in [0, 0.1) is 0 Å². The summed E-state index contributed by atoms with van der Waals surface area (Å²) in [6.07, 6.45) is 2.88. The molecule has 116 valence electrons. The summed E-state index contributed by atoms with van der Waals surface area (Å²) < 4.78 is 0. The maximum Gasteiger partial charge on any atom is 0.248 e. The third-order valence-corrected chi connectivity index (χ3v) is 4.98. The number of benzene rings is 2. The number of rotatable bonds is 1. The number of primary amides is 1. The van der Waals surface area contributed by atoms with E-state index in [-0.39, 0.29) is 5.25 Å². The smallest absolute Gasteiger partial charge is 0.248 e. The summed E-state index contributed by atoms with van der Waals surface area (Å²) in [5.74, 6) is -0.438. The molecule has 1 aromatic heterocycles. The Morgan fingerprint density at radius 3 is 2.54 bits per heavy atom. The third kappa shape index (κ3) is 1.79. The predicted octanol–water partition coefficient (Wildman–Crippen LogP) is 1.39. The molecule has 0 saturated carbocycles. The molecule has 0 radical (unpaired) electrons. The first-order valence-corrected chi connectivity index (χ1v) is 8.28. The van der Waals surface area contributed by atoms with Crippen molar-refractivity contribution in [2.45, 2.75) is 11.7 Å². The van der Waals surface area contributed by atoms with Crippen molar-refractivity contribution in [2.75, 3.05) is 0 Å². The highest BCUT2D eigenvalue weighted by molar-refractivity contribution is 7.81. The highest BCUT2D eigenvalue weighted by Gasteiger charge is 2.28. The first-order chi connectivity index (χ1) is 11.6. The number of aromatic nitrogens is 2. The first-order valence-electron chi connectivity index (χ1n) is 7.76. The van der Waals surface area contributed by atoms with Crippen molar-refractivity contribution in [2.24, 2.45) is 5.73 Å². The molecule has 3 aromatic rings. The fourth-order valence-corrected chi connectivity index (χ4v) is 4.00. The molecular weight excluding hydrogens is 318 g/mol. The van der Waals surface area contributed by atoms with Crippen molar-refractivity contribution >= 4 is 41.2 Å². The molecule has 1 amide bonds. The normalized spacial score (nSPS) is 17.4. The lowest BCUT2D eigenvalue weighted by Gasteiger charge is -2.13. The summed E-state index contributed by atoms with van der Waals surface area (Å²) >= 11 is 4.63. The molecular formula is C19H13N3OS. The minimum absolute atomic E-state index is 0.0858. The molecule has 0 aliphatic heterocycles. The number of carbonyl (C=O) groups excluding carboxylic acids is 1. The summed E-state index contributed by atoms with van der Waals surface area (Å²) in [5.41, 5.74) is 11.6. The van der Waals surface area contributed by atoms with Gasteiger partial charge in [0.1, 0.15) is 0 Å². The van der Waals surface area contributed by atoms with Gasteiger partial charge in [-0.15, -0.1) is 0 Å². The van der Waals surface area contributed by atoms with Crippen molar-refractivity contribution in [3.8, 4) is 11.3 Å². The molecule has 1 unspecified atom stereocenters. The number of nitrogens with two attached hydrogens (primary N) is 1. The number of amides is 1.